The summed E-state index contributed by atoms with van der Waals surface area (Å²) in [4.78, 5) is 16.6. The zero-order valence-electron chi connectivity index (χ0n) is 16.7. The highest BCUT2D eigenvalue weighted by Crippen LogP contribution is 2.27. The summed E-state index contributed by atoms with van der Waals surface area (Å²) in [5.41, 5.74) is 1.64. The molecule has 3 aromatic rings. The zero-order chi connectivity index (χ0) is 21.7. The molecular weight excluding hydrogens is 424 g/mol. The topological polar surface area (TPSA) is 84.3 Å². The molecule has 0 radical (unpaired) electrons. The molecule has 1 heterocycles. The van der Waals surface area contributed by atoms with Gasteiger partial charge in [-0.05, 0) is 43.7 Å². The highest BCUT2D eigenvalue weighted by molar-refractivity contribution is 7.92. The molecule has 0 aliphatic heterocycles. The third-order valence-corrected chi connectivity index (χ3v) is 6.79. The first-order chi connectivity index (χ1) is 14.3. The highest BCUT2D eigenvalue weighted by Gasteiger charge is 2.22. The number of anilines is 1. The lowest BCUT2D eigenvalue weighted by molar-refractivity contribution is 0.0953. The Hall–Kier alpha value is -2.84. The van der Waals surface area contributed by atoms with E-state index in [2.05, 4.69) is 10.3 Å². The first-order valence-electron chi connectivity index (χ1n) is 9.38. The molecule has 1 N–H and O–H groups in total. The summed E-state index contributed by atoms with van der Waals surface area (Å²) >= 11 is 6.28. The van der Waals surface area contributed by atoms with Crippen LogP contribution in [0.4, 0.5) is 5.69 Å². The smallest absolute Gasteiger partial charge is 0.264 e. The maximum Gasteiger partial charge on any atom is 0.264 e. The van der Waals surface area contributed by atoms with E-state index in [0.717, 1.165) is 22.8 Å². The molecule has 0 saturated carbocycles. The van der Waals surface area contributed by atoms with Crippen LogP contribution in [0.25, 0.3) is 0 Å². The summed E-state index contributed by atoms with van der Waals surface area (Å²) in [6, 6.07) is 11.2. The number of carbonyl (C=O) groups is 1. The van der Waals surface area contributed by atoms with Crippen LogP contribution in [-0.4, -0.2) is 37.5 Å². The van der Waals surface area contributed by atoms with Crippen molar-refractivity contribution in [1.29, 1.82) is 0 Å². The molecule has 1 aromatic heterocycles. The Morgan fingerprint density at radius 3 is 2.57 bits per heavy atom. The molecular formula is C21H23ClN4O3S. The molecule has 0 aliphatic carbocycles. The van der Waals surface area contributed by atoms with Crippen LogP contribution in [0, 0.1) is 6.92 Å². The zero-order valence-corrected chi connectivity index (χ0v) is 18.3. The van der Waals surface area contributed by atoms with Gasteiger partial charge in [0.05, 0.1) is 27.5 Å². The van der Waals surface area contributed by atoms with E-state index in [0.29, 0.717) is 17.8 Å². The molecule has 0 aliphatic rings. The number of imidazole rings is 1. The summed E-state index contributed by atoms with van der Waals surface area (Å²) < 4.78 is 28.8. The van der Waals surface area contributed by atoms with Crippen molar-refractivity contribution in [1.82, 2.24) is 14.9 Å². The fourth-order valence-electron chi connectivity index (χ4n) is 2.87. The molecule has 3 rings (SSSR count). The number of sulfonamides is 1. The molecule has 9 heteroatoms. The number of halogens is 1. The Morgan fingerprint density at radius 2 is 1.93 bits per heavy atom. The van der Waals surface area contributed by atoms with Gasteiger partial charge in [-0.3, -0.25) is 9.10 Å². The van der Waals surface area contributed by atoms with Crippen LogP contribution in [0.15, 0.2) is 66.1 Å². The van der Waals surface area contributed by atoms with Gasteiger partial charge in [0.25, 0.3) is 15.9 Å². The molecule has 0 bridgehead atoms. The molecule has 0 unspecified atom stereocenters. The fourth-order valence-corrected chi connectivity index (χ4v) is 4.32. The van der Waals surface area contributed by atoms with E-state index in [1.54, 1.807) is 42.9 Å². The number of rotatable bonds is 8. The number of hydrogen-bond acceptors (Lipinski definition) is 4. The second kappa shape index (κ2) is 9.32. The van der Waals surface area contributed by atoms with E-state index in [1.165, 1.54) is 19.2 Å². The number of carbonyl (C=O) groups excluding carboxylic acids is 1. The van der Waals surface area contributed by atoms with Crippen LogP contribution in [0.5, 0.6) is 0 Å². The Bertz CT molecular complexity index is 1110. The van der Waals surface area contributed by atoms with Crippen molar-refractivity contribution in [3.05, 3.63) is 77.3 Å². The summed E-state index contributed by atoms with van der Waals surface area (Å²) in [5, 5.41) is 3.01. The lowest BCUT2D eigenvalue weighted by atomic mass is 10.2. The maximum absolute atomic E-state index is 12.8. The van der Waals surface area contributed by atoms with E-state index in [4.69, 9.17) is 11.6 Å². The van der Waals surface area contributed by atoms with Crippen molar-refractivity contribution in [2.24, 2.45) is 0 Å². The number of aryl methyl sites for hydroxylation is 2. The van der Waals surface area contributed by atoms with Gasteiger partial charge in [0.15, 0.2) is 0 Å². The summed E-state index contributed by atoms with van der Waals surface area (Å²) in [7, 11) is -2.28. The molecule has 0 spiro atoms. The van der Waals surface area contributed by atoms with Gasteiger partial charge in [-0.1, -0.05) is 29.3 Å². The Kier molecular flexibility index (Phi) is 6.79. The number of benzene rings is 2. The van der Waals surface area contributed by atoms with E-state index >= 15 is 0 Å². The maximum atomic E-state index is 12.8. The molecule has 7 nitrogen and oxygen atoms in total. The van der Waals surface area contributed by atoms with Crippen LogP contribution < -0.4 is 9.62 Å². The van der Waals surface area contributed by atoms with Gasteiger partial charge < -0.3 is 9.88 Å². The van der Waals surface area contributed by atoms with Crippen LogP contribution in [-0.2, 0) is 16.6 Å². The minimum atomic E-state index is -3.73. The van der Waals surface area contributed by atoms with Crippen LogP contribution in [0.1, 0.15) is 22.3 Å². The molecule has 0 saturated heterocycles. The van der Waals surface area contributed by atoms with E-state index in [9.17, 15) is 13.2 Å². The van der Waals surface area contributed by atoms with Crippen molar-refractivity contribution >= 4 is 33.2 Å². The first-order valence-corrected chi connectivity index (χ1v) is 11.2. The first kappa shape index (κ1) is 21.9. The summed E-state index contributed by atoms with van der Waals surface area (Å²) in [6.45, 7) is 3.12. The van der Waals surface area contributed by atoms with Gasteiger partial charge in [-0.2, -0.15) is 0 Å². The minimum absolute atomic E-state index is 0.186. The van der Waals surface area contributed by atoms with E-state index in [-0.39, 0.29) is 15.8 Å². The van der Waals surface area contributed by atoms with E-state index in [1.807, 2.05) is 17.7 Å². The Labute approximate surface area is 181 Å². The number of nitrogens with one attached hydrogen (secondary N) is 1. The Balaban J connectivity index is 1.66. The van der Waals surface area contributed by atoms with Crippen LogP contribution >= 0.6 is 11.6 Å². The monoisotopic (exact) mass is 446 g/mol. The van der Waals surface area contributed by atoms with Crippen molar-refractivity contribution in [2.45, 2.75) is 24.8 Å². The van der Waals surface area contributed by atoms with Crippen molar-refractivity contribution in [3.8, 4) is 0 Å². The Morgan fingerprint density at radius 1 is 1.20 bits per heavy atom. The SMILES string of the molecule is Cc1ccc(S(=O)(=O)N(C)c2ccc(C(=O)NCCCn3ccnc3)c(Cl)c2)cc1. The van der Waals surface area contributed by atoms with Crippen LogP contribution in [0.3, 0.4) is 0 Å². The number of nitrogens with zero attached hydrogens (tertiary/aromatic N) is 3. The fraction of sp³-hybridized carbons (Fsp3) is 0.238. The van der Waals surface area contributed by atoms with Crippen LogP contribution in [0.2, 0.25) is 5.02 Å². The quantitative estimate of drug-likeness (QED) is 0.537. The average Bonchev–Trinajstić information content (AvgIpc) is 3.24. The number of aromatic nitrogens is 2. The molecule has 0 fully saturated rings. The van der Waals surface area contributed by atoms with Gasteiger partial charge in [0.1, 0.15) is 0 Å². The third-order valence-electron chi connectivity index (χ3n) is 4.68. The molecule has 1 amide bonds. The molecule has 2 aromatic carbocycles. The van der Waals surface area contributed by atoms with Gasteiger partial charge in [-0.25, -0.2) is 13.4 Å². The van der Waals surface area contributed by atoms with Gasteiger partial charge in [0, 0.05) is 32.5 Å². The normalized spacial score (nSPS) is 11.3. The second-order valence-corrected chi connectivity index (χ2v) is 9.24. The summed E-state index contributed by atoms with van der Waals surface area (Å²) in [5.74, 6) is -0.304. The molecule has 30 heavy (non-hydrogen) atoms. The van der Waals surface area contributed by atoms with Gasteiger partial charge in [-0.15, -0.1) is 0 Å². The van der Waals surface area contributed by atoms with E-state index < -0.39 is 10.0 Å². The highest BCUT2D eigenvalue weighted by atomic mass is 35.5. The van der Waals surface area contributed by atoms with Gasteiger partial charge in [0.2, 0.25) is 0 Å². The predicted molar refractivity (Wildman–Crippen MR) is 117 cm³/mol. The summed E-state index contributed by atoms with van der Waals surface area (Å²) in [6.07, 6.45) is 6.03. The van der Waals surface area contributed by atoms with Crippen molar-refractivity contribution in [2.75, 3.05) is 17.9 Å². The standard InChI is InChI=1S/C21H23ClN4O3S/c1-16-4-7-18(8-5-16)30(28,29)25(2)17-6-9-19(20(22)14-17)21(27)24-10-3-12-26-13-11-23-15-26/h4-9,11,13-15H,3,10,12H2,1-2H3,(H,24,27). The number of amides is 1. The second-order valence-electron chi connectivity index (χ2n) is 6.86. The third kappa shape index (κ3) is 5.01. The van der Waals surface area contributed by atoms with Crippen molar-refractivity contribution in [3.63, 3.8) is 0 Å². The minimum Gasteiger partial charge on any atom is -0.352 e. The lowest BCUT2D eigenvalue weighted by Crippen LogP contribution is -2.27. The molecule has 0 atom stereocenters. The molecule has 158 valence electrons. The number of hydrogen-bond donors (Lipinski definition) is 1. The van der Waals surface area contributed by atoms with Gasteiger partial charge >= 0.3 is 0 Å². The largest absolute Gasteiger partial charge is 0.352 e. The predicted octanol–water partition coefficient (Wildman–Crippen LogP) is 3.49. The van der Waals surface area contributed by atoms with Crippen molar-refractivity contribution < 1.29 is 13.2 Å². The lowest BCUT2D eigenvalue weighted by Gasteiger charge is -2.20. The average molecular weight is 447 g/mol.